The Balaban J connectivity index is 1.48. The standard InChI is InChI=1S/C29H31NO3/c1-2-16-30-17-15-26(19-30)33-25-12-6-22(7-13-25)29-27(20-3-9-23(31)10-4-20)14-8-21-5-11-24(32)18-28(21)29/h3-7,9-13,18,26,31-32H,2,8,14-17,19H2,1H3/t26-/m0/s1. The zero-order valence-electron chi connectivity index (χ0n) is 19.1. The Morgan fingerprint density at radius 2 is 1.61 bits per heavy atom. The molecule has 0 aromatic heterocycles. The van der Waals surface area contributed by atoms with Crippen LogP contribution in [0.15, 0.2) is 66.7 Å². The number of likely N-dealkylation sites (tertiary alicyclic amines) is 1. The van der Waals surface area contributed by atoms with Gasteiger partial charge in [0.05, 0.1) is 0 Å². The second-order valence-corrected chi connectivity index (χ2v) is 9.10. The van der Waals surface area contributed by atoms with Gasteiger partial charge in [0.25, 0.3) is 0 Å². The van der Waals surface area contributed by atoms with Crippen molar-refractivity contribution in [3.63, 3.8) is 0 Å². The van der Waals surface area contributed by atoms with Gasteiger partial charge < -0.3 is 14.9 Å². The van der Waals surface area contributed by atoms with Crippen molar-refractivity contribution < 1.29 is 14.9 Å². The highest BCUT2D eigenvalue weighted by molar-refractivity contribution is 6.01. The molecule has 4 nitrogen and oxygen atoms in total. The third-order valence-electron chi connectivity index (χ3n) is 6.74. The van der Waals surface area contributed by atoms with Gasteiger partial charge in [-0.3, -0.25) is 4.90 Å². The van der Waals surface area contributed by atoms with Gasteiger partial charge in [-0.15, -0.1) is 0 Å². The molecule has 1 atom stereocenters. The lowest BCUT2D eigenvalue weighted by Gasteiger charge is -2.25. The van der Waals surface area contributed by atoms with Gasteiger partial charge in [-0.05, 0) is 102 Å². The highest BCUT2D eigenvalue weighted by atomic mass is 16.5. The molecule has 1 aliphatic heterocycles. The van der Waals surface area contributed by atoms with Crippen molar-refractivity contribution in [2.45, 2.75) is 38.7 Å². The molecule has 2 N–H and O–H groups in total. The summed E-state index contributed by atoms with van der Waals surface area (Å²) in [7, 11) is 0. The second kappa shape index (κ2) is 9.32. The van der Waals surface area contributed by atoms with Gasteiger partial charge in [-0.2, -0.15) is 0 Å². The third kappa shape index (κ3) is 4.62. The van der Waals surface area contributed by atoms with Crippen LogP contribution in [0, 0.1) is 0 Å². The van der Waals surface area contributed by atoms with Crippen molar-refractivity contribution in [2.75, 3.05) is 19.6 Å². The van der Waals surface area contributed by atoms with Crippen LogP contribution >= 0.6 is 0 Å². The van der Waals surface area contributed by atoms with Crippen LogP contribution in [-0.4, -0.2) is 40.9 Å². The van der Waals surface area contributed by atoms with Crippen LogP contribution in [0.3, 0.4) is 0 Å². The first-order valence-corrected chi connectivity index (χ1v) is 11.9. The highest BCUT2D eigenvalue weighted by Crippen LogP contribution is 2.42. The monoisotopic (exact) mass is 441 g/mol. The second-order valence-electron chi connectivity index (χ2n) is 9.10. The summed E-state index contributed by atoms with van der Waals surface area (Å²) < 4.78 is 6.28. The van der Waals surface area contributed by atoms with Crippen LogP contribution in [0.5, 0.6) is 17.2 Å². The average molecular weight is 442 g/mol. The Morgan fingerprint density at radius 1 is 0.879 bits per heavy atom. The molecule has 3 aromatic carbocycles. The van der Waals surface area contributed by atoms with Gasteiger partial charge in [0.1, 0.15) is 23.4 Å². The quantitative estimate of drug-likeness (QED) is 0.503. The summed E-state index contributed by atoms with van der Waals surface area (Å²) in [5, 5.41) is 20.0. The van der Waals surface area contributed by atoms with Crippen molar-refractivity contribution in [3.8, 4) is 17.2 Å². The molecule has 4 heteroatoms. The molecular weight excluding hydrogens is 410 g/mol. The molecule has 170 valence electrons. The summed E-state index contributed by atoms with van der Waals surface area (Å²) in [5.74, 6) is 1.44. The Hall–Kier alpha value is -3.24. The molecule has 0 unspecified atom stereocenters. The lowest BCUT2D eigenvalue weighted by atomic mass is 9.79. The average Bonchev–Trinajstić information content (AvgIpc) is 3.26. The minimum absolute atomic E-state index is 0.251. The predicted octanol–water partition coefficient (Wildman–Crippen LogP) is 5.87. The smallest absolute Gasteiger partial charge is 0.119 e. The lowest BCUT2D eigenvalue weighted by Crippen LogP contribution is -2.25. The minimum atomic E-state index is 0.251. The van der Waals surface area contributed by atoms with E-state index in [9.17, 15) is 10.2 Å². The molecule has 1 saturated heterocycles. The van der Waals surface area contributed by atoms with E-state index >= 15 is 0 Å². The van der Waals surface area contributed by atoms with Crippen LogP contribution in [-0.2, 0) is 6.42 Å². The number of hydrogen-bond donors (Lipinski definition) is 2. The highest BCUT2D eigenvalue weighted by Gasteiger charge is 2.24. The number of benzene rings is 3. The van der Waals surface area contributed by atoms with Crippen LogP contribution < -0.4 is 4.74 Å². The number of fused-ring (bicyclic) bond motifs is 1. The van der Waals surface area contributed by atoms with Crippen molar-refractivity contribution in [2.24, 2.45) is 0 Å². The fraction of sp³-hybridized carbons (Fsp3) is 0.310. The summed E-state index contributed by atoms with van der Waals surface area (Å²) in [6.07, 6.45) is 4.33. The molecule has 1 heterocycles. The SMILES string of the molecule is CCCN1CC[C@H](Oc2ccc(C3=C(c4ccc(O)cc4)CCc4ccc(O)cc43)cc2)C1. The summed E-state index contributed by atoms with van der Waals surface area (Å²) in [6, 6.07) is 21.5. The molecule has 1 aliphatic carbocycles. The largest absolute Gasteiger partial charge is 0.508 e. The molecule has 1 fully saturated rings. The number of phenols is 2. The number of nitrogens with zero attached hydrogens (tertiary/aromatic N) is 1. The molecule has 0 radical (unpaired) electrons. The topological polar surface area (TPSA) is 52.9 Å². The fourth-order valence-electron chi connectivity index (χ4n) is 5.15. The van der Waals surface area contributed by atoms with E-state index in [4.69, 9.17) is 4.74 Å². The first-order chi connectivity index (χ1) is 16.1. The zero-order valence-corrected chi connectivity index (χ0v) is 19.1. The van der Waals surface area contributed by atoms with E-state index in [0.717, 1.165) is 66.9 Å². The first-order valence-electron chi connectivity index (χ1n) is 11.9. The Kier molecular flexibility index (Phi) is 6.10. The molecular formula is C29H31NO3. The van der Waals surface area contributed by atoms with Crippen molar-refractivity contribution >= 4 is 11.1 Å². The van der Waals surface area contributed by atoms with Crippen LogP contribution in [0.1, 0.15) is 48.4 Å². The number of aromatic hydroxyl groups is 2. The third-order valence-corrected chi connectivity index (χ3v) is 6.74. The number of allylic oxidation sites excluding steroid dienone is 1. The molecule has 2 aliphatic rings. The van der Waals surface area contributed by atoms with Gasteiger partial charge in [0, 0.05) is 13.1 Å². The summed E-state index contributed by atoms with van der Waals surface area (Å²) >= 11 is 0. The molecule has 0 bridgehead atoms. The molecule has 33 heavy (non-hydrogen) atoms. The number of phenolic OH excluding ortho intramolecular Hbond substituents is 2. The zero-order chi connectivity index (χ0) is 22.8. The van der Waals surface area contributed by atoms with E-state index in [1.54, 1.807) is 18.2 Å². The maximum absolute atomic E-state index is 10.2. The van der Waals surface area contributed by atoms with E-state index in [2.05, 4.69) is 36.1 Å². The van der Waals surface area contributed by atoms with Crippen LogP contribution in [0.2, 0.25) is 0 Å². The first kappa shape index (κ1) is 21.6. The number of rotatable bonds is 6. The van der Waals surface area contributed by atoms with E-state index in [0.29, 0.717) is 0 Å². The van der Waals surface area contributed by atoms with E-state index in [1.165, 1.54) is 17.6 Å². The summed E-state index contributed by atoms with van der Waals surface area (Å²) in [6.45, 7) is 5.47. The molecule has 0 amide bonds. The van der Waals surface area contributed by atoms with Gasteiger partial charge >= 0.3 is 0 Å². The van der Waals surface area contributed by atoms with Gasteiger partial charge in [-0.25, -0.2) is 0 Å². The van der Waals surface area contributed by atoms with E-state index in [1.807, 2.05) is 24.3 Å². The molecule has 3 aromatic rings. The van der Waals surface area contributed by atoms with Gasteiger partial charge in [0.2, 0.25) is 0 Å². The Bertz CT molecular complexity index is 1150. The number of ether oxygens (including phenoxy) is 1. The number of hydrogen-bond acceptors (Lipinski definition) is 4. The molecule has 5 rings (SSSR count). The Morgan fingerprint density at radius 3 is 2.36 bits per heavy atom. The van der Waals surface area contributed by atoms with E-state index < -0.39 is 0 Å². The summed E-state index contributed by atoms with van der Waals surface area (Å²) in [4.78, 5) is 2.47. The maximum Gasteiger partial charge on any atom is 0.119 e. The molecule has 0 saturated carbocycles. The van der Waals surface area contributed by atoms with Crippen molar-refractivity contribution in [3.05, 3.63) is 89.0 Å². The lowest BCUT2D eigenvalue weighted by molar-refractivity contribution is 0.200. The maximum atomic E-state index is 10.2. The van der Waals surface area contributed by atoms with Gasteiger partial charge in [0.15, 0.2) is 0 Å². The predicted molar refractivity (Wildman–Crippen MR) is 133 cm³/mol. The minimum Gasteiger partial charge on any atom is -0.508 e. The van der Waals surface area contributed by atoms with Crippen molar-refractivity contribution in [1.29, 1.82) is 0 Å². The van der Waals surface area contributed by atoms with Crippen molar-refractivity contribution in [1.82, 2.24) is 4.90 Å². The van der Waals surface area contributed by atoms with Gasteiger partial charge in [-0.1, -0.05) is 37.3 Å². The van der Waals surface area contributed by atoms with Crippen LogP contribution in [0.25, 0.3) is 11.1 Å². The fourth-order valence-corrected chi connectivity index (χ4v) is 5.15. The van der Waals surface area contributed by atoms with Crippen LogP contribution in [0.4, 0.5) is 0 Å². The van der Waals surface area contributed by atoms with E-state index in [-0.39, 0.29) is 17.6 Å². The number of aryl methyl sites for hydroxylation is 1. The normalized spacial score (nSPS) is 18.4. The molecule has 0 spiro atoms. The summed E-state index contributed by atoms with van der Waals surface area (Å²) in [5.41, 5.74) is 6.89. The Labute approximate surface area is 195 Å².